The lowest BCUT2D eigenvalue weighted by molar-refractivity contribution is 0.104. The molecule has 0 unspecified atom stereocenters. The minimum Gasteiger partial charge on any atom is -0.405 e. The Kier molecular flexibility index (Phi) is 9.80. The van der Waals surface area contributed by atoms with Gasteiger partial charge >= 0.3 is 0 Å². The average Bonchev–Trinajstić information content (AvgIpc) is 2.90. The Morgan fingerprint density at radius 1 is 1.15 bits per heavy atom. The smallest absolute Gasteiger partial charge is 0.185 e. The number of nitrogen functional groups attached to an aromatic ring is 1. The fraction of sp³-hybridized carbons (Fsp3) is 0.355. The Morgan fingerprint density at radius 2 is 1.87 bits per heavy atom. The molecule has 0 radical (unpaired) electrons. The van der Waals surface area contributed by atoms with E-state index in [2.05, 4.69) is 59.8 Å². The molecule has 1 aliphatic heterocycles. The van der Waals surface area contributed by atoms with Crippen molar-refractivity contribution in [3.8, 4) is 11.8 Å². The van der Waals surface area contributed by atoms with E-state index in [1.165, 1.54) is 18.6 Å². The number of carbonyl (C=O) groups excluding carboxylic acids is 1. The summed E-state index contributed by atoms with van der Waals surface area (Å²) in [6.07, 6.45) is 9.60. The van der Waals surface area contributed by atoms with Crippen LogP contribution in [0, 0.1) is 17.3 Å². The molecule has 1 aromatic heterocycles. The van der Waals surface area contributed by atoms with Crippen LogP contribution in [0.15, 0.2) is 66.2 Å². The monoisotopic (exact) mass is 525 g/mol. The molecule has 3 rings (SSSR count). The summed E-state index contributed by atoms with van der Waals surface area (Å²) in [4.78, 5) is 23.6. The average molecular weight is 526 g/mol. The van der Waals surface area contributed by atoms with E-state index in [0.717, 1.165) is 37.1 Å². The molecule has 1 fully saturated rings. The number of hydrogen-bond donors (Lipinski definition) is 4. The van der Waals surface area contributed by atoms with Gasteiger partial charge in [0.1, 0.15) is 23.7 Å². The third-order valence-electron chi connectivity index (χ3n) is 6.69. The largest absolute Gasteiger partial charge is 0.405 e. The highest BCUT2D eigenvalue weighted by Crippen LogP contribution is 2.24. The van der Waals surface area contributed by atoms with Gasteiger partial charge in [0, 0.05) is 17.2 Å². The highest BCUT2D eigenvalue weighted by molar-refractivity contribution is 6.16. The number of allylic oxidation sites excluding steroid dienone is 5. The van der Waals surface area contributed by atoms with Crippen molar-refractivity contribution < 1.29 is 4.79 Å². The number of carbonyl (C=O) groups is 1. The number of nitrogens with two attached hydrogens (primary N) is 2. The predicted molar refractivity (Wildman–Crippen MR) is 160 cm³/mol. The first-order chi connectivity index (χ1) is 18.5. The van der Waals surface area contributed by atoms with Crippen LogP contribution >= 0.6 is 0 Å². The maximum absolute atomic E-state index is 12.9. The van der Waals surface area contributed by atoms with Crippen molar-refractivity contribution >= 4 is 23.1 Å². The molecule has 8 heteroatoms. The highest BCUT2D eigenvalue weighted by Gasteiger charge is 2.20. The SMILES string of the molecule is CC(/C=C\C(=O)c1cccc(C(C)(C)C)c1)=C(C#CC(=N)c1c(N)ncnc1NC1CCN(C)CC1)/C=C/N. The van der Waals surface area contributed by atoms with Gasteiger partial charge in [-0.1, -0.05) is 51.0 Å². The van der Waals surface area contributed by atoms with Crippen LogP contribution in [-0.4, -0.2) is 52.5 Å². The first-order valence-electron chi connectivity index (χ1n) is 13.1. The molecule has 2 aromatic rings. The molecular formula is C31H39N7O. The third kappa shape index (κ3) is 8.13. The van der Waals surface area contributed by atoms with Gasteiger partial charge in [0.15, 0.2) is 5.78 Å². The Balaban J connectivity index is 1.83. The van der Waals surface area contributed by atoms with E-state index < -0.39 is 0 Å². The third-order valence-corrected chi connectivity index (χ3v) is 6.69. The van der Waals surface area contributed by atoms with Crippen molar-refractivity contribution in [1.82, 2.24) is 14.9 Å². The number of ketones is 1. The lowest BCUT2D eigenvalue weighted by Gasteiger charge is -2.30. The van der Waals surface area contributed by atoms with Gasteiger partial charge in [-0.05, 0) is 86.8 Å². The Hall–Kier alpha value is -4.22. The Bertz CT molecular complexity index is 1360. The van der Waals surface area contributed by atoms with E-state index in [1.54, 1.807) is 12.2 Å². The van der Waals surface area contributed by atoms with Crippen LogP contribution in [0.3, 0.4) is 0 Å². The van der Waals surface area contributed by atoms with E-state index in [4.69, 9.17) is 16.9 Å². The second kappa shape index (κ2) is 13.0. The molecule has 0 bridgehead atoms. The van der Waals surface area contributed by atoms with Crippen molar-refractivity contribution in [2.45, 2.75) is 52.0 Å². The Labute approximate surface area is 231 Å². The molecular weight excluding hydrogens is 486 g/mol. The molecule has 204 valence electrons. The van der Waals surface area contributed by atoms with Gasteiger partial charge in [0.2, 0.25) is 0 Å². The second-order valence-electron chi connectivity index (χ2n) is 10.8. The fourth-order valence-corrected chi connectivity index (χ4v) is 4.19. The molecule has 0 aliphatic carbocycles. The lowest BCUT2D eigenvalue weighted by atomic mass is 9.86. The first-order valence-corrected chi connectivity index (χ1v) is 13.1. The highest BCUT2D eigenvalue weighted by atomic mass is 16.1. The molecule has 1 saturated heterocycles. The maximum Gasteiger partial charge on any atom is 0.185 e. The summed E-state index contributed by atoms with van der Waals surface area (Å²) in [5.41, 5.74) is 15.2. The van der Waals surface area contributed by atoms with Crippen molar-refractivity contribution in [2.24, 2.45) is 5.73 Å². The minimum atomic E-state index is -0.101. The molecule has 2 heterocycles. The summed E-state index contributed by atoms with van der Waals surface area (Å²) in [6, 6.07) is 7.90. The number of nitrogens with zero attached hydrogens (tertiary/aromatic N) is 3. The van der Waals surface area contributed by atoms with Gasteiger partial charge in [0.25, 0.3) is 0 Å². The number of hydrogen-bond acceptors (Lipinski definition) is 8. The molecule has 8 nitrogen and oxygen atoms in total. The van der Waals surface area contributed by atoms with E-state index in [1.807, 2.05) is 31.2 Å². The van der Waals surface area contributed by atoms with Crippen molar-refractivity contribution in [3.63, 3.8) is 0 Å². The van der Waals surface area contributed by atoms with Crippen molar-refractivity contribution in [1.29, 1.82) is 5.41 Å². The molecule has 39 heavy (non-hydrogen) atoms. The second-order valence-corrected chi connectivity index (χ2v) is 10.8. The summed E-state index contributed by atoms with van der Waals surface area (Å²) in [6.45, 7) is 10.2. The van der Waals surface area contributed by atoms with Crippen LogP contribution in [0.1, 0.15) is 62.0 Å². The molecule has 6 N–H and O–H groups in total. The molecule has 1 aliphatic rings. The number of likely N-dealkylation sites (tertiary alicyclic amines) is 1. The van der Waals surface area contributed by atoms with Gasteiger partial charge in [-0.2, -0.15) is 0 Å². The zero-order valence-electron chi connectivity index (χ0n) is 23.5. The van der Waals surface area contributed by atoms with Gasteiger partial charge in [-0.15, -0.1) is 0 Å². The molecule has 0 saturated carbocycles. The molecule has 0 amide bonds. The zero-order valence-corrected chi connectivity index (χ0v) is 23.5. The van der Waals surface area contributed by atoms with Crippen LogP contribution < -0.4 is 16.8 Å². The van der Waals surface area contributed by atoms with Crippen LogP contribution in [0.2, 0.25) is 0 Å². The standard InChI is InChI=1S/C31H39N7O/c1-21(9-12-27(39)23-7-6-8-24(19-23)31(2,3)4)22(13-16-32)10-11-26(33)28-29(34)35-20-36-30(28)37-25-14-17-38(5)18-15-25/h6-9,12-13,16,19-20,25,33H,14-15,17-18,32H2,1-5H3,(H3,34,35,36,37)/b12-9-,16-13+,22-21-,33-26?. The number of aromatic nitrogens is 2. The zero-order chi connectivity index (χ0) is 28.6. The van der Waals surface area contributed by atoms with Gasteiger partial charge in [-0.3, -0.25) is 10.2 Å². The van der Waals surface area contributed by atoms with E-state index >= 15 is 0 Å². The summed E-state index contributed by atoms with van der Waals surface area (Å²) in [5.74, 6) is 6.48. The predicted octanol–water partition coefficient (Wildman–Crippen LogP) is 4.46. The quantitative estimate of drug-likeness (QED) is 0.138. The van der Waals surface area contributed by atoms with Crippen molar-refractivity contribution in [3.05, 3.63) is 82.9 Å². The fourth-order valence-electron chi connectivity index (χ4n) is 4.19. The molecule has 1 aromatic carbocycles. The number of benzene rings is 1. The normalized spacial score (nSPS) is 15.6. The molecule has 0 atom stereocenters. The summed E-state index contributed by atoms with van der Waals surface area (Å²) in [5, 5.41) is 12.1. The number of anilines is 2. The summed E-state index contributed by atoms with van der Waals surface area (Å²) >= 11 is 0. The van der Waals surface area contributed by atoms with Crippen LogP contribution in [-0.2, 0) is 5.41 Å². The first kappa shape index (κ1) is 29.3. The summed E-state index contributed by atoms with van der Waals surface area (Å²) < 4.78 is 0. The number of piperidine rings is 1. The maximum atomic E-state index is 12.9. The number of nitrogens with one attached hydrogen (secondary N) is 2. The van der Waals surface area contributed by atoms with Crippen molar-refractivity contribution in [2.75, 3.05) is 31.2 Å². The van der Waals surface area contributed by atoms with E-state index in [0.29, 0.717) is 22.5 Å². The Morgan fingerprint density at radius 3 is 2.54 bits per heavy atom. The minimum absolute atomic E-state index is 0.00157. The van der Waals surface area contributed by atoms with Crippen LogP contribution in [0.5, 0.6) is 0 Å². The van der Waals surface area contributed by atoms with Crippen LogP contribution in [0.25, 0.3) is 0 Å². The number of rotatable bonds is 7. The topological polar surface area (TPSA) is 134 Å². The van der Waals surface area contributed by atoms with E-state index in [-0.39, 0.29) is 28.8 Å². The summed E-state index contributed by atoms with van der Waals surface area (Å²) in [7, 11) is 2.11. The van der Waals surface area contributed by atoms with E-state index in [9.17, 15) is 4.79 Å². The van der Waals surface area contributed by atoms with Gasteiger partial charge < -0.3 is 21.7 Å². The lowest BCUT2D eigenvalue weighted by Crippen LogP contribution is -2.37. The van der Waals surface area contributed by atoms with Gasteiger partial charge in [0.05, 0.1) is 5.56 Å². The molecule has 0 spiro atoms. The van der Waals surface area contributed by atoms with Crippen LogP contribution in [0.4, 0.5) is 11.6 Å². The van der Waals surface area contributed by atoms with Gasteiger partial charge in [-0.25, -0.2) is 9.97 Å².